The second-order valence-electron chi connectivity index (χ2n) is 8.29. The molecule has 0 bridgehead atoms. The fourth-order valence-electron chi connectivity index (χ4n) is 3.21. The minimum Gasteiger partial charge on any atom is -0.484 e. The van der Waals surface area contributed by atoms with Crippen LogP contribution >= 0.6 is 0 Å². The topological polar surface area (TPSA) is 114 Å². The molecule has 0 heterocycles. The molecule has 1 saturated carbocycles. The Morgan fingerprint density at radius 1 is 1.00 bits per heavy atom. The summed E-state index contributed by atoms with van der Waals surface area (Å²) in [6.45, 7) is 4.04. The average molecular weight is 474 g/mol. The normalized spacial score (nSPS) is 13.4. The molecule has 2 aromatic carbocycles. The van der Waals surface area contributed by atoms with Gasteiger partial charge >= 0.3 is 0 Å². The average Bonchev–Trinajstić information content (AvgIpc) is 3.58. The van der Waals surface area contributed by atoms with Crippen LogP contribution in [-0.4, -0.2) is 46.0 Å². The lowest BCUT2D eigenvalue weighted by Gasteiger charge is -2.10. The number of carbonyl (C=O) groups excluding carboxylic acids is 2. The van der Waals surface area contributed by atoms with Crippen LogP contribution in [-0.2, 0) is 26.0 Å². The van der Waals surface area contributed by atoms with Crippen molar-refractivity contribution >= 4 is 21.8 Å². The van der Waals surface area contributed by atoms with E-state index in [2.05, 4.69) is 15.4 Å². The third kappa shape index (κ3) is 8.18. The maximum atomic E-state index is 12.5. The van der Waals surface area contributed by atoms with E-state index in [0.29, 0.717) is 30.3 Å². The second-order valence-corrected chi connectivity index (χ2v) is 10.0. The molecule has 1 aliphatic carbocycles. The Labute approximate surface area is 195 Å². The highest BCUT2D eigenvalue weighted by atomic mass is 32.2. The highest BCUT2D eigenvalue weighted by Crippen LogP contribution is 2.19. The molecule has 33 heavy (non-hydrogen) atoms. The molecule has 3 rings (SSSR count). The minimum absolute atomic E-state index is 0.000885. The zero-order valence-electron chi connectivity index (χ0n) is 19.0. The Balaban J connectivity index is 1.33. The first-order valence-corrected chi connectivity index (χ1v) is 12.6. The van der Waals surface area contributed by atoms with Gasteiger partial charge in [-0.15, -0.1) is 0 Å². The lowest BCUT2D eigenvalue weighted by molar-refractivity contribution is -0.123. The molecule has 0 saturated heterocycles. The first-order chi connectivity index (χ1) is 15.7. The Hall–Kier alpha value is -2.91. The molecule has 0 unspecified atom stereocenters. The summed E-state index contributed by atoms with van der Waals surface area (Å²) in [5.41, 5.74) is 2.54. The number of benzene rings is 2. The summed E-state index contributed by atoms with van der Waals surface area (Å²) in [6.07, 6.45) is 2.77. The van der Waals surface area contributed by atoms with Gasteiger partial charge in [-0.05, 0) is 68.0 Å². The van der Waals surface area contributed by atoms with Gasteiger partial charge in [0.15, 0.2) is 6.61 Å². The molecule has 0 radical (unpaired) electrons. The van der Waals surface area contributed by atoms with Crippen molar-refractivity contribution in [2.75, 3.05) is 19.7 Å². The van der Waals surface area contributed by atoms with Crippen molar-refractivity contribution in [3.8, 4) is 5.75 Å². The molecule has 178 valence electrons. The molecular formula is C24H31N3O5S. The predicted octanol–water partition coefficient (Wildman–Crippen LogP) is 1.99. The van der Waals surface area contributed by atoms with Crippen molar-refractivity contribution in [2.24, 2.45) is 0 Å². The number of ether oxygens (including phenoxy) is 1. The van der Waals surface area contributed by atoms with Crippen LogP contribution in [0, 0.1) is 13.8 Å². The van der Waals surface area contributed by atoms with Gasteiger partial charge in [0.2, 0.25) is 15.9 Å². The van der Waals surface area contributed by atoms with Crippen molar-refractivity contribution in [2.45, 2.75) is 50.5 Å². The molecule has 8 nitrogen and oxygen atoms in total. The fraction of sp³-hybridized carbons (Fsp3) is 0.417. The van der Waals surface area contributed by atoms with Crippen molar-refractivity contribution < 1.29 is 22.7 Å². The molecule has 2 amide bonds. The van der Waals surface area contributed by atoms with Gasteiger partial charge in [-0.25, -0.2) is 13.1 Å². The quantitative estimate of drug-likeness (QED) is 0.436. The standard InChI is InChI=1S/C24H31N3O5S/c1-17-3-4-18(2)22(15-17)33(30,31)26-14-12-23(28)25-13-11-19-5-9-21(10-6-19)32-16-24(29)27-20-7-8-20/h3-6,9-10,15,20,26H,7-8,11-14,16H2,1-2H3,(H,25,28)(H,27,29). The number of nitrogens with one attached hydrogen (secondary N) is 3. The third-order valence-electron chi connectivity index (χ3n) is 5.25. The number of rotatable bonds is 12. The van der Waals surface area contributed by atoms with Crippen LogP contribution in [0.15, 0.2) is 47.4 Å². The highest BCUT2D eigenvalue weighted by molar-refractivity contribution is 7.89. The largest absolute Gasteiger partial charge is 0.484 e. The van der Waals surface area contributed by atoms with Gasteiger partial charge in [0.25, 0.3) is 5.91 Å². The number of hydrogen-bond donors (Lipinski definition) is 3. The van der Waals surface area contributed by atoms with Gasteiger partial charge in [-0.1, -0.05) is 24.3 Å². The van der Waals surface area contributed by atoms with E-state index < -0.39 is 10.0 Å². The van der Waals surface area contributed by atoms with Gasteiger partial charge in [0, 0.05) is 25.6 Å². The predicted molar refractivity (Wildman–Crippen MR) is 126 cm³/mol. The molecule has 1 aliphatic rings. The van der Waals surface area contributed by atoms with E-state index in [0.717, 1.165) is 24.0 Å². The Bertz CT molecular complexity index is 1080. The summed E-state index contributed by atoms with van der Waals surface area (Å²) in [7, 11) is -3.66. The van der Waals surface area contributed by atoms with Gasteiger partial charge in [-0.2, -0.15) is 0 Å². The van der Waals surface area contributed by atoms with Gasteiger partial charge in [0.05, 0.1) is 4.90 Å². The fourth-order valence-corrected chi connectivity index (χ4v) is 4.57. The van der Waals surface area contributed by atoms with Crippen LogP contribution in [0.3, 0.4) is 0 Å². The van der Waals surface area contributed by atoms with Crippen molar-refractivity contribution in [1.82, 2.24) is 15.4 Å². The molecule has 0 aromatic heterocycles. The molecule has 3 N–H and O–H groups in total. The van der Waals surface area contributed by atoms with Crippen LogP contribution in [0.4, 0.5) is 0 Å². The highest BCUT2D eigenvalue weighted by Gasteiger charge is 2.23. The molecule has 2 aromatic rings. The van der Waals surface area contributed by atoms with Crippen molar-refractivity contribution in [1.29, 1.82) is 0 Å². The summed E-state index contributed by atoms with van der Waals surface area (Å²) < 4.78 is 32.9. The van der Waals surface area contributed by atoms with Crippen LogP contribution in [0.25, 0.3) is 0 Å². The molecule has 0 aliphatic heterocycles. The summed E-state index contributed by atoms with van der Waals surface area (Å²) in [5, 5.41) is 5.67. The number of hydrogen-bond acceptors (Lipinski definition) is 5. The van der Waals surface area contributed by atoms with Gasteiger partial charge in [0.1, 0.15) is 5.75 Å². The van der Waals surface area contributed by atoms with Crippen LogP contribution in [0.2, 0.25) is 0 Å². The Morgan fingerprint density at radius 2 is 1.73 bits per heavy atom. The molecule has 0 atom stereocenters. The van der Waals surface area contributed by atoms with E-state index in [-0.39, 0.29) is 36.3 Å². The maximum Gasteiger partial charge on any atom is 0.258 e. The lowest BCUT2D eigenvalue weighted by Crippen LogP contribution is -2.32. The number of carbonyl (C=O) groups is 2. The summed E-state index contributed by atoms with van der Waals surface area (Å²) in [4.78, 5) is 23.9. The molecular weight excluding hydrogens is 442 g/mol. The van der Waals surface area contributed by atoms with Crippen molar-refractivity contribution in [3.63, 3.8) is 0 Å². The molecule has 9 heteroatoms. The molecule has 0 spiro atoms. The summed E-state index contributed by atoms with van der Waals surface area (Å²) >= 11 is 0. The molecule has 1 fully saturated rings. The Kier molecular flexibility index (Phi) is 8.46. The van der Waals surface area contributed by atoms with E-state index >= 15 is 0 Å². The first kappa shape index (κ1) is 24.7. The SMILES string of the molecule is Cc1ccc(C)c(S(=O)(=O)NCCC(=O)NCCc2ccc(OCC(=O)NC3CC3)cc2)c1. The minimum atomic E-state index is -3.66. The number of aryl methyl sites for hydroxylation is 2. The van der Waals surface area contributed by atoms with E-state index in [9.17, 15) is 18.0 Å². The van der Waals surface area contributed by atoms with Crippen molar-refractivity contribution in [3.05, 3.63) is 59.2 Å². The van der Waals surface area contributed by atoms with E-state index in [4.69, 9.17) is 4.74 Å². The van der Waals surface area contributed by atoms with E-state index in [1.54, 1.807) is 31.2 Å². The number of sulfonamides is 1. The lowest BCUT2D eigenvalue weighted by atomic mass is 10.1. The zero-order valence-corrected chi connectivity index (χ0v) is 19.8. The first-order valence-electron chi connectivity index (χ1n) is 11.1. The summed E-state index contributed by atoms with van der Waals surface area (Å²) in [5.74, 6) is 0.283. The Morgan fingerprint density at radius 3 is 2.42 bits per heavy atom. The second kappa shape index (κ2) is 11.3. The smallest absolute Gasteiger partial charge is 0.258 e. The van der Waals surface area contributed by atoms with Gasteiger partial charge < -0.3 is 15.4 Å². The van der Waals surface area contributed by atoms with Crippen LogP contribution in [0.5, 0.6) is 5.75 Å². The monoisotopic (exact) mass is 473 g/mol. The third-order valence-corrected chi connectivity index (χ3v) is 6.85. The van der Waals surface area contributed by atoms with E-state index in [1.165, 1.54) is 0 Å². The van der Waals surface area contributed by atoms with Gasteiger partial charge in [-0.3, -0.25) is 9.59 Å². The van der Waals surface area contributed by atoms with Crippen LogP contribution in [0.1, 0.15) is 36.0 Å². The summed E-state index contributed by atoms with van der Waals surface area (Å²) in [6, 6.07) is 12.9. The maximum absolute atomic E-state index is 12.5. The van der Waals surface area contributed by atoms with Crippen LogP contribution < -0.4 is 20.1 Å². The number of amides is 2. The van der Waals surface area contributed by atoms with E-state index in [1.807, 2.05) is 25.1 Å². The zero-order chi connectivity index (χ0) is 23.8.